The Morgan fingerprint density at radius 3 is 1.56 bits per heavy atom. The molecular weight excluding hydrogens is 326 g/mol. The molecule has 0 saturated heterocycles. The average molecular weight is 335 g/mol. The van der Waals surface area contributed by atoms with Gasteiger partial charge in [-0.25, -0.2) is 0 Å². The normalized spacial score (nSPS) is 12.9. The topological polar surface area (TPSA) is 0 Å². The first-order chi connectivity index (χ1) is 8.11. The van der Waals surface area contributed by atoms with Crippen molar-refractivity contribution in [3.63, 3.8) is 0 Å². The Bertz CT molecular complexity index is 397. The molecule has 0 aliphatic rings. The number of benzene rings is 1. The van der Waals surface area contributed by atoms with E-state index in [1.54, 1.807) is 0 Å². The van der Waals surface area contributed by atoms with Gasteiger partial charge in [-0.1, -0.05) is 22.9 Å². The highest BCUT2D eigenvalue weighted by Gasteiger charge is 2.40. The molecule has 1 aromatic carbocycles. The lowest BCUT2D eigenvalue weighted by atomic mass is 9.97. The average Bonchev–Trinajstić information content (AvgIpc) is 2.24. The summed E-state index contributed by atoms with van der Waals surface area (Å²) in [4.78, 5) is 0. The van der Waals surface area contributed by atoms with E-state index in [0.29, 0.717) is 0 Å². The van der Waals surface area contributed by atoms with Crippen LogP contribution >= 0.6 is 15.9 Å². The summed E-state index contributed by atoms with van der Waals surface area (Å²) in [5, 5.41) is -0.499. The number of alkyl halides is 7. The highest BCUT2D eigenvalue weighted by Crippen LogP contribution is 2.41. The smallest absolute Gasteiger partial charge is 0.166 e. The van der Waals surface area contributed by atoms with Crippen LogP contribution in [0.25, 0.3) is 0 Å². The molecule has 0 nitrogen and oxygen atoms in total. The number of rotatable bonds is 2. The van der Waals surface area contributed by atoms with Gasteiger partial charge in [-0.15, -0.1) is 0 Å². The van der Waals surface area contributed by atoms with Crippen molar-refractivity contribution in [1.82, 2.24) is 0 Å². The van der Waals surface area contributed by atoms with Crippen molar-refractivity contribution in [3.05, 3.63) is 34.4 Å². The van der Waals surface area contributed by atoms with Crippen LogP contribution in [-0.2, 0) is 24.1 Å². The number of hydrogen-bond donors (Lipinski definition) is 0. The first-order valence-electron chi connectivity index (χ1n) is 4.97. The maximum Gasteiger partial charge on any atom is 0.416 e. The van der Waals surface area contributed by atoms with E-state index in [2.05, 4.69) is 15.9 Å². The summed E-state index contributed by atoms with van der Waals surface area (Å²) in [5.41, 5.74) is -3.22. The van der Waals surface area contributed by atoms with Crippen LogP contribution in [0.5, 0.6) is 0 Å². The van der Waals surface area contributed by atoms with Crippen molar-refractivity contribution in [2.24, 2.45) is 0 Å². The van der Waals surface area contributed by atoms with Gasteiger partial charge in [-0.3, -0.25) is 0 Å². The zero-order chi connectivity index (χ0) is 14.1. The van der Waals surface area contributed by atoms with Crippen molar-refractivity contribution >= 4 is 15.9 Å². The van der Waals surface area contributed by atoms with Gasteiger partial charge in [0.25, 0.3) is 0 Å². The van der Waals surface area contributed by atoms with Gasteiger partial charge in [0.2, 0.25) is 0 Å². The van der Waals surface area contributed by atoms with Crippen LogP contribution in [-0.4, -0.2) is 0 Å². The largest absolute Gasteiger partial charge is 0.416 e. The maximum absolute atomic E-state index is 12.7. The SMILES string of the molecule is CCc1cc(C(F)(F)F)c(CBr)c(C(F)(F)F)c1. The quantitative estimate of drug-likeness (QED) is 0.516. The Morgan fingerprint density at radius 2 is 1.33 bits per heavy atom. The molecule has 0 aliphatic carbocycles. The third-order valence-electron chi connectivity index (χ3n) is 2.46. The highest BCUT2D eigenvalue weighted by molar-refractivity contribution is 9.08. The zero-order valence-corrected chi connectivity index (χ0v) is 10.8. The maximum atomic E-state index is 12.7. The summed E-state index contributed by atoms with van der Waals surface area (Å²) in [6.45, 7) is 1.50. The molecular formula is C11H9BrF6. The Morgan fingerprint density at radius 1 is 0.944 bits per heavy atom. The van der Waals surface area contributed by atoms with Gasteiger partial charge >= 0.3 is 12.4 Å². The molecule has 0 aromatic heterocycles. The van der Waals surface area contributed by atoms with E-state index in [0.717, 1.165) is 12.1 Å². The standard InChI is InChI=1S/C11H9BrF6/c1-2-6-3-8(10(13,14)15)7(5-12)9(4-6)11(16,17)18/h3-4H,2,5H2,1H3. The van der Waals surface area contributed by atoms with Gasteiger partial charge < -0.3 is 0 Å². The molecule has 0 saturated carbocycles. The summed E-state index contributed by atoms with van der Waals surface area (Å²) in [6.07, 6.45) is -9.49. The Labute approximate surface area is 108 Å². The van der Waals surface area contributed by atoms with Crippen LogP contribution in [0.15, 0.2) is 12.1 Å². The minimum Gasteiger partial charge on any atom is -0.166 e. The van der Waals surface area contributed by atoms with E-state index < -0.39 is 34.4 Å². The van der Waals surface area contributed by atoms with Crippen LogP contribution in [0.3, 0.4) is 0 Å². The third kappa shape index (κ3) is 3.18. The van der Waals surface area contributed by atoms with Crippen molar-refractivity contribution in [2.75, 3.05) is 0 Å². The second kappa shape index (κ2) is 5.11. The summed E-state index contributed by atoms with van der Waals surface area (Å²) in [6, 6.07) is 1.54. The van der Waals surface area contributed by atoms with E-state index in [1.165, 1.54) is 6.92 Å². The zero-order valence-electron chi connectivity index (χ0n) is 9.21. The lowest BCUT2D eigenvalue weighted by molar-refractivity contribution is -0.144. The Hall–Kier alpha value is -0.720. The van der Waals surface area contributed by atoms with Crippen LogP contribution in [0.2, 0.25) is 0 Å². The summed E-state index contributed by atoms with van der Waals surface area (Å²) in [5.74, 6) is 0. The molecule has 102 valence electrons. The number of halogens is 7. The molecule has 0 aliphatic heterocycles. The fraction of sp³-hybridized carbons (Fsp3) is 0.455. The number of hydrogen-bond acceptors (Lipinski definition) is 0. The fourth-order valence-electron chi connectivity index (χ4n) is 1.59. The molecule has 0 spiro atoms. The third-order valence-corrected chi connectivity index (χ3v) is 3.02. The van der Waals surface area contributed by atoms with Gasteiger partial charge in [0, 0.05) is 5.33 Å². The van der Waals surface area contributed by atoms with E-state index >= 15 is 0 Å². The summed E-state index contributed by atoms with van der Waals surface area (Å²) >= 11 is 2.69. The molecule has 0 unspecified atom stereocenters. The summed E-state index contributed by atoms with van der Waals surface area (Å²) in [7, 11) is 0. The molecule has 1 rings (SSSR count). The molecule has 0 atom stereocenters. The van der Waals surface area contributed by atoms with Gasteiger partial charge in [0.05, 0.1) is 11.1 Å². The van der Waals surface area contributed by atoms with Crippen molar-refractivity contribution < 1.29 is 26.3 Å². The molecule has 0 fully saturated rings. The van der Waals surface area contributed by atoms with E-state index in [9.17, 15) is 26.3 Å². The monoisotopic (exact) mass is 334 g/mol. The lowest BCUT2D eigenvalue weighted by Gasteiger charge is -2.19. The van der Waals surface area contributed by atoms with Crippen LogP contribution in [0, 0.1) is 0 Å². The van der Waals surface area contributed by atoms with E-state index in [4.69, 9.17) is 0 Å². The molecule has 18 heavy (non-hydrogen) atoms. The van der Waals surface area contributed by atoms with Gasteiger partial charge in [0.15, 0.2) is 0 Å². The molecule has 0 amide bonds. The first kappa shape index (κ1) is 15.3. The Kier molecular flexibility index (Phi) is 4.35. The predicted molar refractivity (Wildman–Crippen MR) is 58.5 cm³/mol. The molecule has 7 heteroatoms. The molecule has 0 heterocycles. The van der Waals surface area contributed by atoms with Gasteiger partial charge in [0.1, 0.15) is 0 Å². The van der Waals surface area contributed by atoms with Crippen LogP contribution in [0.1, 0.15) is 29.2 Å². The second-order valence-corrected chi connectivity index (χ2v) is 4.21. The van der Waals surface area contributed by atoms with Crippen molar-refractivity contribution in [2.45, 2.75) is 31.0 Å². The first-order valence-corrected chi connectivity index (χ1v) is 6.09. The van der Waals surface area contributed by atoms with Crippen LogP contribution in [0.4, 0.5) is 26.3 Å². The predicted octanol–water partition coefficient (Wildman–Crippen LogP) is 5.18. The minimum absolute atomic E-state index is 0.0133. The number of aryl methyl sites for hydroxylation is 1. The molecule has 1 aromatic rings. The van der Waals surface area contributed by atoms with Crippen molar-refractivity contribution in [1.29, 1.82) is 0 Å². The van der Waals surface area contributed by atoms with Gasteiger partial charge in [-0.05, 0) is 29.7 Å². The fourth-order valence-corrected chi connectivity index (χ4v) is 2.19. The summed E-state index contributed by atoms with van der Waals surface area (Å²) < 4.78 is 76.4. The molecule has 0 N–H and O–H groups in total. The lowest BCUT2D eigenvalue weighted by Crippen LogP contribution is -2.16. The minimum atomic E-state index is -4.80. The highest BCUT2D eigenvalue weighted by atomic mass is 79.9. The van der Waals surface area contributed by atoms with Gasteiger partial charge in [-0.2, -0.15) is 26.3 Å². The second-order valence-electron chi connectivity index (χ2n) is 3.65. The van der Waals surface area contributed by atoms with Crippen molar-refractivity contribution in [3.8, 4) is 0 Å². The van der Waals surface area contributed by atoms with E-state index in [1.807, 2.05) is 0 Å². The molecule has 0 radical (unpaired) electrons. The Balaban J connectivity index is 3.61. The van der Waals surface area contributed by atoms with E-state index in [-0.39, 0.29) is 12.0 Å². The molecule has 0 bridgehead atoms. The van der Waals surface area contributed by atoms with Crippen LogP contribution < -0.4 is 0 Å².